The van der Waals surface area contributed by atoms with Gasteiger partial charge in [-0.05, 0) is 29.3 Å². The van der Waals surface area contributed by atoms with Crippen LogP contribution in [0.15, 0.2) is 53.1 Å². The van der Waals surface area contributed by atoms with Crippen LogP contribution in [-0.4, -0.2) is 44.7 Å². The third-order valence-corrected chi connectivity index (χ3v) is 3.92. The minimum Gasteiger partial charge on any atom is -0.351 e. The number of aromatic nitrogens is 3. The predicted molar refractivity (Wildman–Crippen MR) is 92.8 cm³/mol. The SMILES string of the molecule is FC(F)(F)c1ccccc1-c1ccc2[nH]c(-c3cc(Cl)no3)nc2c1.[Na]. The first-order valence-corrected chi connectivity index (χ1v) is 7.58. The molecule has 0 atom stereocenters. The maximum absolute atomic E-state index is 13.2. The number of rotatable bonds is 2. The second-order valence-electron chi connectivity index (χ2n) is 5.37. The fraction of sp³-hybridized carbons (Fsp3) is 0.0588. The van der Waals surface area contributed by atoms with E-state index < -0.39 is 11.7 Å². The number of hydrogen-bond donors (Lipinski definition) is 1. The number of halogens is 4. The summed E-state index contributed by atoms with van der Waals surface area (Å²) in [4.78, 5) is 7.37. The molecule has 26 heavy (non-hydrogen) atoms. The van der Waals surface area contributed by atoms with Gasteiger partial charge < -0.3 is 9.51 Å². The monoisotopic (exact) mass is 386 g/mol. The van der Waals surface area contributed by atoms with Gasteiger partial charge in [-0.3, -0.25) is 0 Å². The molecule has 4 nitrogen and oxygen atoms in total. The Bertz CT molecular complexity index is 1070. The Labute approximate surface area is 172 Å². The van der Waals surface area contributed by atoms with Gasteiger partial charge in [0, 0.05) is 35.6 Å². The number of nitrogens with one attached hydrogen (secondary N) is 1. The first kappa shape index (κ1) is 19.0. The topological polar surface area (TPSA) is 54.7 Å². The minimum atomic E-state index is -4.43. The number of benzene rings is 2. The van der Waals surface area contributed by atoms with Gasteiger partial charge in [0.2, 0.25) is 5.76 Å². The van der Waals surface area contributed by atoms with E-state index in [2.05, 4.69) is 15.1 Å². The van der Waals surface area contributed by atoms with E-state index in [9.17, 15) is 13.2 Å². The van der Waals surface area contributed by atoms with Crippen molar-refractivity contribution in [3.05, 3.63) is 59.2 Å². The molecule has 2 aromatic carbocycles. The fourth-order valence-corrected chi connectivity index (χ4v) is 2.77. The Morgan fingerprint density at radius 1 is 1.04 bits per heavy atom. The molecule has 0 aliphatic carbocycles. The number of aromatic amines is 1. The van der Waals surface area contributed by atoms with Crippen molar-refractivity contribution >= 4 is 52.2 Å². The molecule has 0 bridgehead atoms. The maximum atomic E-state index is 13.2. The van der Waals surface area contributed by atoms with E-state index in [-0.39, 0.29) is 40.3 Å². The standard InChI is InChI=1S/C17H9ClF3N3O.Na/c18-15-8-14(25-24-15)16-22-12-6-5-9(7-13(12)23-16)10-3-1-2-4-11(10)17(19,20)21;/h1-8H,(H,22,23);. The summed E-state index contributed by atoms with van der Waals surface area (Å²) in [5.74, 6) is 0.745. The molecule has 0 saturated heterocycles. The van der Waals surface area contributed by atoms with Crippen molar-refractivity contribution in [3.8, 4) is 22.7 Å². The van der Waals surface area contributed by atoms with Crippen LogP contribution < -0.4 is 0 Å². The summed E-state index contributed by atoms with van der Waals surface area (Å²) in [5, 5.41) is 3.76. The molecule has 0 amide bonds. The quantitative estimate of drug-likeness (QED) is 0.483. The minimum absolute atomic E-state index is 0. The van der Waals surface area contributed by atoms with Gasteiger partial charge in [0.05, 0.1) is 16.6 Å². The van der Waals surface area contributed by atoms with Crippen LogP contribution in [0, 0.1) is 0 Å². The Morgan fingerprint density at radius 2 is 1.81 bits per heavy atom. The second kappa shape index (κ2) is 7.08. The molecule has 9 heteroatoms. The van der Waals surface area contributed by atoms with Gasteiger partial charge in [-0.1, -0.05) is 41.0 Å². The van der Waals surface area contributed by atoms with Crippen molar-refractivity contribution in [1.29, 1.82) is 0 Å². The van der Waals surface area contributed by atoms with Crippen LogP contribution in [0.4, 0.5) is 13.2 Å². The van der Waals surface area contributed by atoms with Crippen molar-refractivity contribution in [1.82, 2.24) is 15.1 Å². The van der Waals surface area contributed by atoms with Gasteiger partial charge in [0.1, 0.15) is 0 Å². The summed E-state index contributed by atoms with van der Waals surface area (Å²) >= 11 is 5.72. The average molecular weight is 387 g/mol. The van der Waals surface area contributed by atoms with Crippen LogP contribution in [0.5, 0.6) is 0 Å². The summed E-state index contributed by atoms with van der Waals surface area (Å²) in [6, 6.07) is 11.8. The summed E-state index contributed by atoms with van der Waals surface area (Å²) in [6.45, 7) is 0. The fourth-order valence-electron chi connectivity index (χ4n) is 2.64. The average Bonchev–Trinajstić information content (AvgIpc) is 3.19. The van der Waals surface area contributed by atoms with Crippen molar-refractivity contribution < 1.29 is 17.7 Å². The largest absolute Gasteiger partial charge is 0.417 e. The van der Waals surface area contributed by atoms with Gasteiger partial charge >= 0.3 is 6.18 Å². The van der Waals surface area contributed by atoms with E-state index in [0.29, 0.717) is 28.2 Å². The van der Waals surface area contributed by atoms with Crippen LogP contribution >= 0.6 is 11.6 Å². The molecule has 2 heterocycles. The number of nitrogens with zero attached hydrogens (tertiary/aromatic N) is 2. The number of fused-ring (bicyclic) bond motifs is 1. The molecule has 4 aromatic rings. The molecule has 4 rings (SSSR count). The molecular formula is C17H9ClF3N3NaO. The van der Waals surface area contributed by atoms with Gasteiger partial charge in [-0.2, -0.15) is 13.2 Å². The van der Waals surface area contributed by atoms with Crippen molar-refractivity contribution in [3.63, 3.8) is 0 Å². The number of imidazole rings is 1. The van der Waals surface area contributed by atoms with Crippen molar-refractivity contribution in [2.45, 2.75) is 6.18 Å². The Morgan fingerprint density at radius 3 is 2.50 bits per heavy atom. The molecule has 1 N–H and O–H groups in total. The van der Waals surface area contributed by atoms with E-state index >= 15 is 0 Å². The Hall–Kier alpha value is -1.80. The Kier molecular flexibility index (Phi) is 5.16. The molecule has 0 unspecified atom stereocenters. The van der Waals surface area contributed by atoms with Gasteiger partial charge in [-0.15, -0.1) is 0 Å². The van der Waals surface area contributed by atoms with E-state index in [4.69, 9.17) is 16.1 Å². The first-order chi connectivity index (χ1) is 11.9. The summed E-state index contributed by atoms with van der Waals surface area (Å²) in [5.41, 5.74) is 1.01. The maximum Gasteiger partial charge on any atom is 0.417 e. The predicted octanol–water partition coefficient (Wildman–Crippen LogP) is 5.18. The van der Waals surface area contributed by atoms with Crippen LogP contribution in [-0.2, 0) is 6.18 Å². The van der Waals surface area contributed by atoms with Crippen molar-refractivity contribution in [2.75, 3.05) is 0 Å². The number of hydrogen-bond acceptors (Lipinski definition) is 3. The third kappa shape index (κ3) is 3.53. The Balaban J connectivity index is 0.00000196. The zero-order chi connectivity index (χ0) is 17.6. The normalized spacial score (nSPS) is 11.5. The molecule has 0 aliphatic rings. The smallest absolute Gasteiger partial charge is 0.351 e. The van der Waals surface area contributed by atoms with E-state index in [0.717, 1.165) is 6.07 Å². The molecule has 0 aliphatic heterocycles. The van der Waals surface area contributed by atoms with Crippen molar-refractivity contribution in [2.24, 2.45) is 0 Å². The number of H-pyrrole nitrogens is 1. The molecule has 127 valence electrons. The van der Waals surface area contributed by atoms with E-state index in [1.54, 1.807) is 24.3 Å². The number of alkyl halides is 3. The summed E-state index contributed by atoms with van der Waals surface area (Å²) in [6.07, 6.45) is -4.43. The first-order valence-electron chi connectivity index (χ1n) is 7.21. The van der Waals surface area contributed by atoms with Gasteiger partial charge in [0.15, 0.2) is 11.0 Å². The molecule has 0 saturated carbocycles. The molecular weight excluding hydrogens is 378 g/mol. The van der Waals surface area contributed by atoms with Crippen LogP contribution in [0.1, 0.15) is 5.56 Å². The second-order valence-corrected chi connectivity index (χ2v) is 5.76. The zero-order valence-electron chi connectivity index (χ0n) is 13.4. The van der Waals surface area contributed by atoms with Gasteiger partial charge in [-0.25, -0.2) is 4.98 Å². The molecule has 2 aromatic heterocycles. The van der Waals surface area contributed by atoms with E-state index in [1.807, 2.05) is 0 Å². The molecule has 1 radical (unpaired) electrons. The molecule has 0 spiro atoms. The summed E-state index contributed by atoms with van der Waals surface area (Å²) < 4.78 is 44.7. The zero-order valence-corrected chi connectivity index (χ0v) is 16.2. The third-order valence-electron chi connectivity index (χ3n) is 3.74. The van der Waals surface area contributed by atoms with E-state index in [1.165, 1.54) is 18.2 Å². The van der Waals surface area contributed by atoms with Crippen LogP contribution in [0.2, 0.25) is 5.15 Å². The summed E-state index contributed by atoms with van der Waals surface area (Å²) in [7, 11) is 0. The van der Waals surface area contributed by atoms with Crippen LogP contribution in [0.25, 0.3) is 33.7 Å². The molecule has 0 fully saturated rings. The van der Waals surface area contributed by atoms with Crippen LogP contribution in [0.3, 0.4) is 0 Å². The van der Waals surface area contributed by atoms with Gasteiger partial charge in [0.25, 0.3) is 0 Å².